The van der Waals surface area contributed by atoms with Crippen molar-refractivity contribution < 1.29 is 14.3 Å². The minimum atomic E-state index is -1.25. The van der Waals surface area contributed by atoms with Crippen molar-refractivity contribution in [3.05, 3.63) is 35.3 Å². The van der Waals surface area contributed by atoms with Crippen LogP contribution in [0.25, 0.3) is 10.9 Å². The number of carboxylic acid groups (broad SMARTS) is 1. The lowest BCUT2D eigenvalue weighted by atomic mass is 10.1. The molecule has 72 valence electrons. The topological polar surface area (TPSA) is 53.1 Å². The Bertz CT molecular complexity index is 516. The number of aromatic amines is 1. The Balaban J connectivity index is 2.80. The number of H-pyrrole nitrogens is 1. The van der Waals surface area contributed by atoms with Crippen LogP contribution in [0.4, 0.5) is 4.39 Å². The molecular formula is C10H8FNO2. The number of nitrogens with one attached hydrogen (secondary N) is 1. The number of fused-ring (bicyclic) bond motifs is 1. The molecule has 0 aliphatic carbocycles. The summed E-state index contributed by atoms with van der Waals surface area (Å²) < 4.78 is 13.2. The first-order chi connectivity index (χ1) is 6.59. The minimum Gasteiger partial charge on any atom is -0.478 e. The zero-order valence-corrected chi connectivity index (χ0v) is 7.47. The molecule has 0 bridgehead atoms. The van der Waals surface area contributed by atoms with E-state index in [0.717, 1.165) is 10.9 Å². The Morgan fingerprint density at radius 1 is 1.50 bits per heavy atom. The van der Waals surface area contributed by atoms with Crippen molar-refractivity contribution in [2.75, 3.05) is 0 Å². The smallest absolute Gasteiger partial charge is 0.338 e. The van der Waals surface area contributed by atoms with Gasteiger partial charge in [-0.25, -0.2) is 9.18 Å². The van der Waals surface area contributed by atoms with E-state index < -0.39 is 11.8 Å². The maximum Gasteiger partial charge on any atom is 0.338 e. The minimum absolute atomic E-state index is 0.291. The highest BCUT2D eigenvalue weighted by molar-refractivity contribution is 5.94. The Morgan fingerprint density at radius 2 is 2.21 bits per heavy atom. The van der Waals surface area contributed by atoms with Gasteiger partial charge in [0.15, 0.2) is 0 Å². The zero-order valence-electron chi connectivity index (χ0n) is 7.47. The van der Waals surface area contributed by atoms with Crippen LogP contribution in [0.15, 0.2) is 18.3 Å². The van der Waals surface area contributed by atoms with Crippen LogP contribution in [0.5, 0.6) is 0 Å². The van der Waals surface area contributed by atoms with E-state index in [1.54, 1.807) is 6.20 Å². The number of carboxylic acids is 1. The van der Waals surface area contributed by atoms with Crippen molar-refractivity contribution in [2.24, 2.45) is 0 Å². The van der Waals surface area contributed by atoms with Crippen LogP contribution in [0.3, 0.4) is 0 Å². The van der Waals surface area contributed by atoms with Crippen LogP contribution in [0.1, 0.15) is 15.9 Å². The predicted molar refractivity (Wildman–Crippen MR) is 50.0 cm³/mol. The van der Waals surface area contributed by atoms with Gasteiger partial charge in [0.05, 0.1) is 5.56 Å². The lowest BCUT2D eigenvalue weighted by Gasteiger charge is -1.98. The number of rotatable bonds is 1. The van der Waals surface area contributed by atoms with Gasteiger partial charge in [-0.3, -0.25) is 0 Å². The highest BCUT2D eigenvalue weighted by Gasteiger charge is 2.12. The normalized spacial score (nSPS) is 10.7. The molecule has 1 aromatic carbocycles. The van der Waals surface area contributed by atoms with Crippen LogP contribution in [-0.4, -0.2) is 16.1 Å². The Kier molecular flexibility index (Phi) is 1.77. The fourth-order valence-electron chi connectivity index (χ4n) is 1.45. The quantitative estimate of drug-likeness (QED) is 0.730. The lowest BCUT2D eigenvalue weighted by molar-refractivity contribution is 0.0692. The summed E-state index contributed by atoms with van der Waals surface area (Å²) in [4.78, 5) is 13.5. The molecule has 0 spiro atoms. The van der Waals surface area contributed by atoms with Crippen LogP contribution < -0.4 is 0 Å². The first kappa shape index (κ1) is 8.74. The molecule has 0 amide bonds. The number of aryl methyl sites for hydroxylation is 1. The van der Waals surface area contributed by atoms with Gasteiger partial charge in [0.1, 0.15) is 5.82 Å². The third-order valence-electron chi connectivity index (χ3n) is 2.21. The Labute approximate surface area is 79.2 Å². The van der Waals surface area contributed by atoms with Crippen LogP contribution in [0, 0.1) is 12.7 Å². The van der Waals surface area contributed by atoms with Crippen LogP contribution >= 0.6 is 0 Å². The number of hydrogen-bond acceptors (Lipinski definition) is 1. The van der Waals surface area contributed by atoms with Crippen molar-refractivity contribution >= 4 is 16.9 Å². The number of halogens is 1. The molecule has 0 atom stereocenters. The molecule has 0 saturated heterocycles. The fraction of sp³-hybridized carbons (Fsp3) is 0.100. The maximum absolute atomic E-state index is 13.2. The van der Waals surface area contributed by atoms with Gasteiger partial charge in [-0.05, 0) is 24.6 Å². The Hall–Kier alpha value is -1.84. The zero-order chi connectivity index (χ0) is 10.3. The summed E-state index contributed by atoms with van der Waals surface area (Å²) in [7, 11) is 0. The van der Waals surface area contributed by atoms with Gasteiger partial charge in [0.2, 0.25) is 0 Å². The van der Waals surface area contributed by atoms with Crippen molar-refractivity contribution in [3.8, 4) is 0 Å². The monoisotopic (exact) mass is 193 g/mol. The summed E-state index contributed by atoms with van der Waals surface area (Å²) in [6, 6.07) is 2.55. The first-order valence-corrected chi connectivity index (χ1v) is 4.10. The molecule has 1 heterocycles. The van der Waals surface area contributed by atoms with E-state index in [-0.39, 0.29) is 5.56 Å². The molecule has 0 saturated carbocycles. The summed E-state index contributed by atoms with van der Waals surface area (Å²) in [6.45, 7) is 1.84. The lowest BCUT2D eigenvalue weighted by Crippen LogP contribution is -1.99. The van der Waals surface area contributed by atoms with Crippen LogP contribution in [0.2, 0.25) is 0 Å². The van der Waals surface area contributed by atoms with E-state index >= 15 is 0 Å². The molecule has 0 radical (unpaired) electrons. The largest absolute Gasteiger partial charge is 0.478 e. The van der Waals surface area contributed by atoms with Gasteiger partial charge in [-0.15, -0.1) is 0 Å². The molecule has 2 rings (SSSR count). The molecule has 14 heavy (non-hydrogen) atoms. The Morgan fingerprint density at radius 3 is 2.86 bits per heavy atom. The third kappa shape index (κ3) is 1.16. The van der Waals surface area contributed by atoms with E-state index in [4.69, 9.17) is 5.11 Å². The van der Waals surface area contributed by atoms with Gasteiger partial charge >= 0.3 is 5.97 Å². The molecule has 3 nitrogen and oxygen atoms in total. The predicted octanol–water partition coefficient (Wildman–Crippen LogP) is 2.31. The number of hydrogen-bond donors (Lipinski definition) is 2. The molecule has 0 aliphatic rings. The fourth-order valence-corrected chi connectivity index (χ4v) is 1.45. The first-order valence-electron chi connectivity index (χ1n) is 4.10. The number of carbonyl (C=O) groups is 1. The van der Waals surface area contributed by atoms with Gasteiger partial charge in [-0.1, -0.05) is 0 Å². The summed E-state index contributed by atoms with van der Waals surface area (Å²) >= 11 is 0. The van der Waals surface area contributed by atoms with Gasteiger partial charge in [0.25, 0.3) is 0 Å². The average Bonchev–Trinajstić information content (AvgIpc) is 2.46. The molecule has 2 N–H and O–H groups in total. The second-order valence-electron chi connectivity index (χ2n) is 3.15. The molecule has 0 aliphatic heterocycles. The molecule has 4 heteroatoms. The SMILES string of the molecule is Cc1c[nH]c2cc(F)c(C(=O)O)cc12. The van der Waals surface area contributed by atoms with E-state index in [9.17, 15) is 9.18 Å². The summed E-state index contributed by atoms with van der Waals surface area (Å²) in [5.74, 6) is -1.96. The molecule has 0 fully saturated rings. The van der Waals surface area contributed by atoms with Gasteiger partial charge < -0.3 is 10.1 Å². The summed E-state index contributed by atoms with van der Waals surface area (Å²) in [5, 5.41) is 9.44. The third-order valence-corrected chi connectivity index (χ3v) is 2.21. The van der Waals surface area contributed by atoms with E-state index in [2.05, 4.69) is 4.98 Å². The second-order valence-corrected chi connectivity index (χ2v) is 3.15. The maximum atomic E-state index is 13.2. The number of aromatic nitrogens is 1. The highest BCUT2D eigenvalue weighted by Crippen LogP contribution is 2.21. The van der Waals surface area contributed by atoms with E-state index in [0.29, 0.717) is 5.52 Å². The van der Waals surface area contributed by atoms with Crippen molar-refractivity contribution in [3.63, 3.8) is 0 Å². The van der Waals surface area contributed by atoms with E-state index in [1.807, 2.05) is 6.92 Å². The van der Waals surface area contributed by atoms with Crippen molar-refractivity contribution in [1.82, 2.24) is 4.98 Å². The number of benzene rings is 1. The summed E-state index contributed by atoms with van der Waals surface area (Å²) in [5.41, 5.74) is 1.23. The average molecular weight is 193 g/mol. The molecular weight excluding hydrogens is 185 g/mol. The van der Waals surface area contributed by atoms with Gasteiger partial charge in [-0.2, -0.15) is 0 Å². The second kappa shape index (κ2) is 2.83. The molecule has 0 unspecified atom stereocenters. The van der Waals surface area contributed by atoms with Gasteiger partial charge in [0, 0.05) is 17.1 Å². The number of aromatic carboxylic acids is 1. The van der Waals surface area contributed by atoms with E-state index in [1.165, 1.54) is 12.1 Å². The standard InChI is InChI=1S/C10H8FNO2/c1-5-4-12-9-3-8(11)7(10(13)14)2-6(5)9/h2-4,12H,1H3,(H,13,14). The van der Waals surface area contributed by atoms with Crippen molar-refractivity contribution in [1.29, 1.82) is 0 Å². The molecule has 1 aromatic heterocycles. The molecule has 2 aromatic rings. The summed E-state index contributed by atoms with van der Waals surface area (Å²) in [6.07, 6.45) is 1.72. The van der Waals surface area contributed by atoms with Crippen molar-refractivity contribution in [2.45, 2.75) is 6.92 Å². The highest BCUT2D eigenvalue weighted by atomic mass is 19.1. The van der Waals surface area contributed by atoms with Crippen LogP contribution in [-0.2, 0) is 0 Å².